The summed E-state index contributed by atoms with van der Waals surface area (Å²) >= 11 is 1.78. The molecule has 0 spiro atoms. The number of hydrogen-bond acceptors (Lipinski definition) is 1. The van der Waals surface area contributed by atoms with Crippen LogP contribution in [0.15, 0.2) is 53.9 Å². The van der Waals surface area contributed by atoms with Gasteiger partial charge in [0.25, 0.3) is 0 Å². The summed E-state index contributed by atoms with van der Waals surface area (Å²) in [7, 11) is 0. The van der Waals surface area contributed by atoms with Crippen molar-refractivity contribution in [2.75, 3.05) is 0 Å². The second-order valence-corrected chi connectivity index (χ2v) is 3.99. The predicted octanol–water partition coefficient (Wildman–Crippen LogP) is 4.20. The largest absolute Gasteiger partial charge is 0.144 e. The molecular weight excluding hydrogens is 188 g/mol. The molecule has 1 heteroatoms. The monoisotopic (exact) mass is 200 g/mol. The lowest BCUT2D eigenvalue weighted by molar-refractivity contribution is 1.58. The van der Waals surface area contributed by atoms with Crippen LogP contribution in [0.4, 0.5) is 0 Å². The van der Waals surface area contributed by atoms with Gasteiger partial charge in [0.1, 0.15) is 0 Å². The lowest BCUT2D eigenvalue weighted by Crippen LogP contribution is -1.82. The van der Waals surface area contributed by atoms with Gasteiger partial charge in [0.2, 0.25) is 0 Å². The molecule has 70 valence electrons. The smallest absolute Gasteiger partial charge is 0.0345 e. The first-order valence-corrected chi connectivity index (χ1v) is 5.55. The highest BCUT2D eigenvalue weighted by atomic mass is 32.1. The average Bonchev–Trinajstić information content (AvgIpc) is 2.74. The van der Waals surface area contributed by atoms with Gasteiger partial charge in [-0.1, -0.05) is 42.5 Å². The summed E-state index contributed by atoms with van der Waals surface area (Å²) in [5, 5.41) is 2.11. The van der Waals surface area contributed by atoms with E-state index in [0.717, 1.165) is 0 Å². The maximum atomic E-state index is 2.17. The summed E-state index contributed by atoms with van der Waals surface area (Å²) < 4.78 is 0. The van der Waals surface area contributed by atoms with Crippen molar-refractivity contribution in [1.82, 2.24) is 0 Å². The first kappa shape index (κ1) is 9.22. The Morgan fingerprint density at radius 2 is 1.86 bits per heavy atom. The fraction of sp³-hybridized carbons (Fsp3) is 0.0769. The van der Waals surface area contributed by atoms with E-state index >= 15 is 0 Å². The van der Waals surface area contributed by atoms with Gasteiger partial charge >= 0.3 is 0 Å². The van der Waals surface area contributed by atoms with Crippen LogP contribution >= 0.6 is 11.3 Å². The van der Waals surface area contributed by atoms with Crippen LogP contribution in [0.25, 0.3) is 5.57 Å². The van der Waals surface area contributed by atoms with Gasteiger partial charge in [0, 0.05) is 4.88 Å². The zero-order chi connectivity index (χ0) is 9.80. The van der Waals surface area contributed by atoms with Crippen LogP contribution in [0.3, 0.4) is 0 Å². The highest BCUT2D eigenvalue weighted by molar-refractivity contribution is 7.11. The van der Waals surface area contributed by atoms with Crippen LogP contribution in [-0.4, -0.2) is 0 Å². The maximum absolute atomic E-state index is 2.17. The molecule has 0 N–H and O–H groups in total. The van der Waals surface area contributed by atoms with E-state index < -0.39 is 0 Å². The number of hydrogen-bond donors (Lipinski definition) is 0. The topological polar surface area (TPSA) is 0 Å². The Morgan fingerprint density at radius 3 is 2.43 bits per heavy atom. The molecule has 0 saturated heterocycles. The van der Waals surface area contributed by atoms with Crippen molar-refractivity contribution in [3.63, 3.8) is 0 Å². The van der Waals surface area contributed by atoms with Gasteiger partial charge in [0.05, 0.1) is 0 Å². The normalized spacial score (nSPS) is 11.6. The van der Waals surface area contributed by atoms with Crippen molar-refractivity contribution < 1.29 is 0 Å². The fourth-order valence-electron chi connectivity index (χ4n) is 1.50. The van der Waals surface area contributed by atoms with Gasteiger partial charge in [-0.25, -0.2) is 0 Å². The Balaban J connectivity index is 2.43. The average molecular weight is 200 g/mol. The van der Waals surface area contributed by atoms with Gasteiger partial charge in [-0.2, -0.15) is 0 Å². The number of allylic oxidation sites excluding steroid dienone is 1. The second-order valence-electron chi connectivity index (χ2n) is 3.05. The van der Waals surface area contributed by atoms with Crippen LogP contribution in [0.2, 0.25) is 0 Å². The standard InChI is InChI=1S/C13H12S/c1-2-12(13-9-6-10-14-13)11-7-4-3-5-8-11/h2-10H,1H3. The Hall–Kier alpha value is -1.34. The summed E-state index contributed by atoms with van der Waals surface area (Å²) in [5.74, 6) is 0. The van der Waals surface area contributed by atoms with Crippen molar-refractivity contribution >= 4 is 16.9 Å². The zero-order valence-electron chi connectivity index (χ0n) is 8.10. The fourth-order valence-corrected chi connectivity index (χ4v) is 2.32. The van der Waals surface area contributed by atoms with Crippen molar-refractivity contribution in [2.24, 2.45) is 0 Å². The molecule has 0 aliphatic rings. The molecule has 2 aromatic rings. The van der Waals surface area contributed by atoms with Gasteiger partial charge in [-0.15, -0.1) is 11.3 Å². The van der Waals surface area contributed by atoms with Crippen molar-refractivity contribution in [3.05, 3.63) is 64.4 Å². The Kier molecular flexibility index (Phi) is 2.80. The van der Waals surface area contributed by atoms with Crippen molar-refractivity contribution in [2.45, 2.75) is 6.92 Å². The van der Waals surface area contributed by atoms with E-state index in [1.165, 1.54) is 16.0 Å². The number of benzene rings is 1. The third-order valence-corrected chi connectivity index (χ3v) is 3.06. The summed E-state index contributed by atoms with van der Waals surface area (Å²) in [6, 6.07) is 14.7. The van der Waals surface area contributed by atoms with Crippen molar-refractivity contribution in [1.29, 1.82) is 0 Å². The van der Waals surface area contributed by atoms with Crippen LogP contribution in [-0.2, 0) is 0 Å². The van der Waals surface area contributed by atoms with E-state index in [4.69, 9.17) is 0 Å². The van der Waals surface area contributed by atoms with E-state index in [-0.39, 0.29) is 0 Å². The molecular formula is C13H12S. The Labute approximate surface area is 88.5 Å². The third kappa shape index (κ3) is 1.78. The van der Waals surface area contributed by atoms with Gasteiger partial charge in [-0.3, -0.25) is 0 Å². The number of rotatable bonds is 2. The minimum atomic E-state index is 1.29. The van der Waals surface area contributed by atoms with E-state index in [1.807, 2.05) is 6.07 Å². The molecule has 0 aliphatic carbocycles. The predicted molar refractivity (Wildman–Crippen MR) is 63.5 cm³/mol. The molecule has 0 nitrogen and oxygen atoms in total. The molecule has 0 bridgehead atoms. The molecule has 2 rings (SSSR count). The maximum Gasteiger partial charge on any atom is 0.0345 e. The quantitative estimate of drug-likeness (QED) is 0.681. The molecule has 0 saturated carbocycles. The van der Waals surface area contributed by atoms with Crippen LogP contribution in [0.1, 0.15) is 17.4 Å². The summed E-state index contributed by atoms with van der Waals surface area (Å²) in [5.41, 5.74) is 2.61. The van der Waals surface area contributed by atoms with E-state index in [0.29, 0.717) is 0 Å². The molecule has 0 radical (unpaired) electrons. The molecule has 14 heavy (non-hydrogen) atoms. The minimum Gasteiger partial charge on any atom is -0.144 e. The Morgan fingerprint density at radius 1 is 1.07 bits per heavy atom. The highest BCUT2D eigenvalue weighted by Gasteiger charge is 2.02. The van der Waals surface area contributed by atoms with Crippen LogP contribution < -0.4 is 0 Å². The summed E-state index contributed by atoms with van der Waals surface area (Å²) in [4.78, 5) is 1.33. The lowest BCUT2D eigenvalue weighted by atomic mass is 10.0. The lowest BCUT2D eigenvalue weighted by Gasteiger charge is -2.03. The molecule has 1 heterocycles. The zero-order valence-corrected chi connectivity index (χ0v) is 8.92. The molecule has 0 amide bonds. The van der Waals surface area contributed by atoms with Crippen LogP contribution in [0.5, 0.6) is 0 Å². The van der Waals surface area contributed by atoms with Gasteiger partial charge in [-0.05, 0) is 29.5 Å². The second kappa shape index (κ2) is 4.25. The van der Waals surface area contributed by atoms with E-state index in [9.17, 15) is 0 Å². The molecule has 1 aromatic carbocycles. The molecule has 0 unspecified atom stereocenters. The molecule has 0 aliphatic heterocycles. The van der Waals surface area contributed by atoms with Crippen LogP contribution in [0, 0.1) is 0 Å². The highest BCUT2D eigenvalue weighted by Crippen LogP contribution is 2.26. The van der Waals surface area contributed by atoms with E-state index in [1.54, 1.807) is 11.3 Å². The van der Waals surface area contributed by atoms with Gasteiger partial charge in [0.15, 0.2) is 0 Å². The minimum absolute atomic E-state index is 1.29. The summed E-state index contributed by atoms with van der Waals surface area (Å²) in [6.07, 6.45) is 2.17. The first-order chi connectivity index (χ1) is 6.92. The van der Waals surface area contributed by atoms with E-state index in [2.05, 4.69) is 54.8 Å². The molecule has 0 atom stereocenters. The number of thiophene rings is 1. The summed E-state index contributed by atoms with van der Waals surface area (Å²) in [6.45, 7) is 2.09. The molecule has 1 aromatic heterocycles. The Bertz CT molecular complexity index is 410. The first-order valence-electron chi connectivity index (χ1n) is 4.67. The molecule has 0 fully saturated rings. The SMILES string of the molecule is CC=C(c1ccccc1)c1cccs1. The van der Waals surface area contributed by atoms with Gasteiger partial charge < -0.3 is 0 Å². The third-order valence-electron chi connectivity index (χ3n) is 2.16. The van der Waals surface area contributed by atoms with Crippen molar-refractivity contribution in [3.8, 4) is 0 Å².